The Hall–Kier alpha value is -2.49. The number of hydrogen-bond acceptors (Lipinski definition) is 3. The van der Waals surface area contributed by atoms with Gasteiger partial charge in [-0.3, -0.25) is 0 Å². The van der Waals surface area contributed by atoms with Gasteiger partial charge in [0, 0.05) is 27.6 Å². The maximum atomic E-state index is 6.35. The summed E-state index contributed by atoms with van der Waals surface area (Å²) in [5.74, 6) is 0.844. The predicted molar refractivity (Wildman–Crippen MR) is 113 cm³/mol. The van der Waals surface area contributed by atoms with Gasteiger partial charge in [-0.1, -0.05) is 65.2 Å². The number of hydrogen-bond donors (Lipinski definition) is 0. The Balaban J connectivity index is 1.61. The Kier molecular flexibility index (Phi) is 4.30. The van der Waals surface area contributed by atoms with E-state index in [9.17, 15) is 0 Å². The quantitative estimate of drug-likeness (QED) is 0.480. The van der Waals surface area contributed by atoms with Crippen molar-refractivity contribution in [1.82, 2.24) is 5.01 Å². The average molecular weight is 409 g/mol. The molecule has 2 atom stereocenters. The van der Waals surface area contributed by atoms with Crippen molar-refractivity contribution in [2.24, 2.45) is 5.10 Å². The Morgan fingerprint density at radius 3 is 2.54 bits per heavy atom. The maximum Gasteiger partial charge on any atom is 0.213 e. The van der Waals surface area contributed by atoms with Crippen LogP contribution in [0.25, 0.3) is 0 Å². The van der Waals surface area contributed by atoms with E-state index in [0.717, 1.165) is 34.6 Å². The zero-order valence-electron chi connectivity index (χ0n) is 15.3. The standard InChI is InChI=1S/C23H18Cl2N2O/c1-14-5-7-15(8-6-14)20-13-21-19-12-18(25)9-10-22(19)28-23(27(21)26-20)16-3-2-4-17(24)11-16/h2-12,21,23H,13H2,1H3/t21-,23+/m1/s1. The van der Waals surface area contributed by atoms with Crippen LogP contribution in [0.5, 0.6) is 5.75 Å². The monoisotopic (exact) mass is 408 g/mol. The second kappa shape index (κ2) is 6.84. The van der Waals surface area contributed by atoms with Crippen LogP contribution in [0.4, 0.5) is 0 Å². The van der Waals surface area contributed by atoms with Gasteiger partial charge in [-0.25, -0.2) is 5.01 Å². The molecule has 3 aromatic rings. The number of halogens is 2. The lowest BCUT2D eigenvalue weighted by Gasteiger charge is -2.38. The van der Waals surface area contributed by atoms with Crippen LogP contribution in [-0.2, 0) is 0 Å². The fourth-order valence-electron chi connectivity index (χ4n) is 3.86. The van der Waals surface area contributed by atoms with Crippen molar-refractivity contribution in [1.29, 1.82) is 0 Å². The predicted octanol–water partition coefficient (Wildman–Crippen LogP) is 6.54. The van der Waals surface area contributed by atoms with Gasteiger partial charge in [0.25, 0.3) is 0 Å². The van der Waals surface area contributed by atoms with E-state index in [1.54, 1.807) is 0 Å². The summed E-state index contributed by atoms with van der Waals surface area (Å²) in [5, 5.41) is 8.39. The third-order valence-electron chi connectivity index (χ3n) is 5.27. The summed E-state index contributed by atoms with van der Waals surface area (Å²) in [7, 11) is 0. The molecule has 0 N–H and O–H groups in total. The molecule has 0 aromatic heterocycles. The highest BCUT2D eigenvalue weighted by molar-refractivity contribution is 6.31. The molecule has 5 heteroatoms. The first kappa shape index (κ1) is 17.6. The Bertz CT molecular complexity index is 1080. The molecule has 0 fully saturated rings. The van der Waals surface area contributed by atoms with Gasteiger partial charge in [0.15, 0.2) is 0 Å². The maximum absolute atomic E-state index is 6.35. The normalized spacial score (nSPS) is 20.2. The number of ether oxygens (including phenoxy) is 1. The highest BCUT2D eigenvalue weighted by Gasteiger charge is 2.41. The molecule has 0 unspecified atom stereocenters. The number of hydrazone groups is 1. The van der Waals surface area contributed by atoms with Crippen LogP contribution in [-0.4, -0.2) is 10.7 Å². The summed E-state index contributed by atoms with van der Waals surface area (Å²) in [5.41, 5.74) is 5.46. The molecule has 0 saturated heterocycles. The van der Waals surface area contributed by atoms with Crippen LogP contribution in [0.2, 0.25) is 10.0 Å². The third-order valence-corrected chi connectivity index (χ3v) is 5.74. The smallest absolute Gasteiger partial charge is 0.213 e. The van der Waals surface area contributed by atoms with Gasteiger partial charge in [0.2, 0.25) is 6.23 Å². The molecule has 140 valence electrons. The van der Waals surface area contributed by atoms with Crippen LogP contribution >= 0.6 is 23.2 Å². The number of fused-ring (bicyclic) bond motifs is 3. The van der Waals surface area contributed by atoms with E-state index in [2.05, 4.69) is 31.2 Å². The first-order valence-electron chi connectivity index (χ1n) is 9.23. The second-order valence-electron chi connectivity index (χ2n) is 7.22. The van der Waals surface area contributed by atoms with Gasteiger partial charge in [-0.05, 0) is 42.8 Å². The van der Waals surface area contributed by atoms with Crippen molar-refractivity contribution in [3.05, 3.63) is 99.0 Å². The van der Waals surface area contributed by atoms with E-state index in [-0.39, 0.29) is 12.3 Å². The van der Waals surface area contributed by atoms with Gasteiger partial charge < -0.3 is 4.74 Å². The van der Waals surface area contributed by atoms with E-state index >= 15 is 0 Å². The fraction of sp³-hybridized carbons (Fsp3) is 0.174. The van der Waals surface area contributed by atoms with Crippen molar-refractivity contribution < 1.29 is 4.74 Å². The molecule has 2 aliphatic rings. The highest BCUT2D eigenvalue weighted by atomic mass is 35.5. The molecule has 0 saturated carbocycles. The molecule has 0 spiro atoms. The Morgan fingerprint density at radius 2 is 1.75 bits per heavy atom. The first-order chi connectivity index (χ1) is 13.6. The molecule has 28 heavy (non-hydrogen) atoms. The zero-order valence-corrected chi connectivity index (χ0v) is 16.8. The molecule has 0 bridgehead atoms. The van der Waals surface area contributed by atoms with Gasteiger partial charge in [0.05, 0.1) is 11.8 Å². The number of rotatable bonds is 2. The number of aryl methyl sites for hydroxylation is 1. The summed E-state index contributed by atoms with van der Waals surface area (Å²) in [6.07, 6.45) is 0.469. The minimum absolute atomic E-state index is 0.0720. The van der Waals surface area contributed by atoms with E-state index < -0.39 is 0 Å². The second-order valence-corrected chi connectivity index (χ2v) is 8.09. The van der Waals surface area contributed by atoms with Gasteiger partial charge >= 0.3 is 0 Å². The molecule has 5 rings (SSSR count). The lowest BCUT2D eigenvalue weighted by Crippen LogP contribution is -2.33. The van der Waals surface area contributed by atoms with Gasteiger partial charge in [-0.2, -0.15) is 5.10 Å². The summed E-state index contributed by atoms with van der Waals surface area (Å²) in [6.45, 7) is 2.09. The fourth-order valence-corrected chi connectivity index (χ4v) is 4.24. The molecule has 3 nitrogen and oxygen atoms in total. The molecule has 2 aliphatic heterocycles. The van der Waals surface area contributed by atoms with E-state index in [0.29, 0.717) is 10.0 Å². The topological polar surface area (TPSA) is 24.8 Å². The summed E-state index contributed by atoms with van der Waals surface area (Å²) in [4.78, 5) is 0. The van der Waals surface area contributed by atoms with E-state index in [4.69, 9.17) is 33.0 Å². The van der Waals surface area contributed by atoms with Crippen molar-refractivity contribution in [3.8, 4) is 5.75 Å². The molecule has 0 amide bonds. The van der Waals surface area contributed by atoms with Crippen LogP contribution in [0, 0.1) is 6.92 Å². The molecule has 3 aromatic carbocycles. The zero-order chi connectivity index (χ0) is 19.3. The van der Waals surface area contributed by atoms with Gasteiger partial charge in [-0.15, -0.1) is 0 Å². The summed E-state index contributed by atoms with van der Waals surface area (Å²) in [6, 6.07) is 22.1. The Labute approximate surface area is 174 Å². The Morgan fingerprint density at radius 1 is 0.964 bits per heavy atom. The first-order valence-corrected chi connectivity index (χ1v) is 9.98. The minimum atomic E-state index is -0.333. The minimum Gasteiger partial charge on any atom is -0.464 e. The molecular weight excluding hydrogens is 391 g/mol. The molecule has 2 heterocycles. The van der Waals surface area contributed by atoms with Crippen LogP contribution in [0.3, 0.4) is 0 Å². The van der Waals surface area contributed by atoms with E-state index in [1.807, 2.05) is 47.5 Å². The van der Waals surface area contributed by atoms with Crippen LogP contribution in [0.1, 0.15) is 40.9 Å². The van der Waals surface area contributed by atoms with Crippen molar-refractivity contribution >= 4 is 28.9 Å². The lowest BCUT2D eigenvalue weighted by atomic mass is 9.95. The average Bonchev–Trinajstić information content (AvgIpc) is 3.14. The van der Waals surface area contributed by atoms with Crippen LogP contribution in [0.15, 0.2) is 71.8 Å². The summed E-state index contributed by atoms with van der Waals surface area (Å²) >= 11 is 12.5. The lowest BCUT2D eigenvalue weighted by molar-refractivity contribution is -0.0190. The molecule has 0 aliphatic carbocycles. The largest absolute Gasteiger partial charge is 0.464 e. The number of benzene rings is 3. The van der Waals surface area contributed by atoms with E-state index in [1.165, 1.54) is 5.56 Å². The van der Waals surface area contributed by atoms with Crippen LogP contribution < -0.4 is 4.74 Å². The molecule has 0 radical (unpaired) electrons. The number of nitrogens with zero attached hydrogens (tertiary/aromatic N) is 2. The van der Waals surface area contributed by atoms with Crippen molar-refractivity contribution in [2.75, 3.05) is 0 Å². The van der Waals surface area contributed by atoms with Crippen molar-refractivity contribution in [2.45, 2.75) is 25.6 Å². The third kappa shape index (κ3) is 3.05. The molecular formula is C23H18Cl2N2O. The highest BCUT2D eigenvalue weighted by Crippen LogP contribution is 2.48. The van der Waals surface area contributed by atoms with Crippen molar-refractivity contribution in [3.63, 3.8) is 0 Å². The SMILES string of the molecule is Cc1ccc(C2=NN3[C@H](C2)c2cc(Cl)ccc2O[C@H]3c2cccc(Cl)c2)cc1. The van der Waals surface area contributed by atoms with Gasteiger partial charge in [0.1, 0.15) is 5.75 Å². The summed E-state index contributed by atoms with van der Waals surface area (Å²) < 4.78 is 6.35.